The van der Waals surface area contributed by atoms with E-state index in [1.54, 1.807) is 12.1 Å². The van der Waals surface area contributed by atoms with Crippen LogP contribution >= 0.6 is 0 Å². The molecular weight excluding hydrogens is 772 g/mol. The standard InChI is InChI=1S/C55H56BF3N2O/c1-51(2,3)35-19-23-39(24-20-35)60-46-31-41(62-55(57,58)59)32-47-48(46)56(44-27-15-33-13-17-37(53(7,8)9)29-42(33)49(44)60)45-28-16-34-14-18-38(54(10,11)12)30-43(34)50(45)61(47)40-25-21-36(22-26-40)52(4,5)6/h13-32H,1-12H3. The molecule has 0 spiro atoms. The van der Waals surface area contributed by atoms with Crippen LogP contribution in [0.4, 0.5) is 47.3 Å². The van der Waals surface area contributed by atoms with Crippen LogP contribution in [0, 0.1) is 0 Å². The second-order valence-electron chi connectivity index (χ2n) is 21.5. The lowest BCUT2D eigenvalue weighted by molar-refractivity contribution is -0.274. The van der Waals surface area contributed by atoms with Gasteiger partial charge in [0.15, 0.2) is 0 Å². The number of hydrogen-bond donors (Lipinski definition) is 0. The fraction of sp³-hybridized carbons (Fsp3) is 0.309. The molecule has 0 unspecified atom stereocenters. The van der Waals surface area contributed by atoms with Gasteiger partial charge in [0, 0.05) is 57.0 Å². The van der Waals surface area contributed by atoms with Crippen LogP contribution in [0.25, 0.3) is 21.5 Å². The monoisotopic (exact) mass is 828 g/mol. The molecule has 0 atom stereocenters. The Labute approximate surface area is 365 Å². The molecule has 2 heterocycles. The van der Waals surface area contributed by atoms with Gasteiger partial charge in [-0.1, -0.05) is 156 Å². The molecule has 316 valence electrons. The molecule has 0 amide bonds. The predicted octanol–water partition coefficient (Wildman–Crippen LogP) is 14.2. The Morgan fingerprint density at radius 2 is 0.758 bits per heavy atom. The van der Waals surface area contributed by atoms with Crippen molar-refractivity contribution in [2.45, 2.75) is 111 Å². The van der Waals surface area contributed by atoms with E-state index in [1.165, 1.54) is 22.3 Å². The number of alkyl halides is 3. The molecule has 7 aromatic rings. The van der Waals surface area contributed by atoms with Gasteiger partial charge in [-0.3, -0.25) is 0 Å². The van der Waals surface area contributed by atoms with Crippen molar-refractivity contribution in [1.82, 2.24) is 0 Å². The number of hydrogen-bond acceptors (Lipinski definition) is 3. The second-order valence-corrected chi connectivity index (χ2v) is 21.5. The van der Waals surface area contributed by atoms with Crippen LogP contribution in [-0.4, -0.2) is 13.1 Å². The molecule has 62 heavy (non-hydrogen) atoms. The summed E-state index contributed by atoms with van der Waals surface area (Å²) in [6.07, 6.45) is -4.92. The maximum atomic E-state index is 14.6. The van der Waals surface area contributed by atoms with Crippen LogP contribution in [0.5, 0.6) is 5.75 Å². The number of benzene rings is 7. The molecule has 9 rings (SSSR count). The maximum absolute atomic E-state index is 14.6. The van der Waals surface area contributed by atoms with Crippen LogP contribution < -0.4 is 30.9 Å². The largest absolute Gasteiger partial charge is 0.573 e. The van der Waals surface area contributed by atoms with E-state index in [4.69, 9.17) is 4.74 Å². The Bertz CT molecular complexity index is 2720. The smallest absolute Gasteiger partial charge is 0.406 e. The molecule has 0 saturated heterocycles. The minimum atomic E-state index is -4.92. The summed E-state index contributed by atoms with van der Waals surface area (Å²) >= 11 is 0. The van der Waals surface area contributed by atoms with Crippen molar-refractivity contribution in [2.75, 3.05) is 9.80 Å². The van der Waals surface area contributed by atoms with Crippen molar-refractivity contribution in [3.8, 4) is 5.75 Å². The van der Waals surface area contributed by atoms with E-state index in [0.29, 0.717) is 11.4 Å². The first-order chi connectivity index (χ1) is 28.9. The van der Waals surface area contributed by atoms with E-state index < -0.39 is 6.36 Å². The van der Waals surface area contributed by atoms with Crippen LogP contribution in [0.15, 0.2) is 121 Å². The Morgan fingerprint density at radius 1 is 0.419 bits per heavy atom. The summed E-state index contributed by atoms with van der Waals surface area (Å²) < 4.78 is 48.8. The molecule has 7 heteroatoms. The van der Waals surface area contributed by atoms with Gasteiger partial charge in [-0.05, 0) is 107 Å². The molecule has 0 bridgehead atoms. The van der Waals surface area contributed by atoms with Gasteiger partial charge in [0.2, 0.25) is 0 Å². The van der Waals surface area contributed by atoms with Gasteiger partial charge in [0.1, 0.15) is 5.75 Å². The number of anilines is 6. The first kappa shape index (κ1) is 41.7. The lowest BCUT2D eigenvalue weighted by atomic mass is 9.33. The number of rotatable bonds is 3. The molecule has 0 N–H and O–H groups in total. The summed E-state index contributed by atoms with van der Waals surface area (Å²) in [5.74, 6) is -0.268. The van der Waals surface area contributed by atoms with Gasteiger partial charge >= 0.3 is 6.36 Å². The lowest BCUT2D eigenvalue weighted by Gasteiger charge is -2.45. The van der Waals surface area contributed by atoms with Crippen molar-refractivity contribution in [3.05, 3.63) is 144 Å². The average molecular weight is 829 g/mol. The molecule has 2 aliphatic rings. The van der Waals surface area contributed by atoms with Crippen molar-refractivity contribution in [2.24, 2.45) is 0 Å². The van der Waals surface area contributed by atoms with Crippen LogP contribution in [0.1, 0.15) is 105 Å². The van der Waals surface area contributed by atoms with E-state index >= 15 is 0 Å². The Kier molecular flexibility index (Phi) is 9.35. The summed E-state index contributed by atoms with van der Waals surface area (Å²) in [5.41, 5.74) is 12.3. The highest BCUT2D eigenvalue weighted by Crippen LogP contribution is 2.50. The first-order valence-corrected chi connectivity index (χ1v) is 21.8. The highest BCUT2D eigenvalue weighted by atomic mass is 19.4. The Hall–Kier alpha value is -5.69. The number of fused-ring (bicyclic) bond motifs is 8. The van der Waals surface area contributed by atoms with Crippen LogP contribution in [0.3, 0.4) is 0 Å². The van der Waals surface area contributed by atoms with Crippen LogP contribution in [-0.2, 0) is 21.7 Å². The SMILES string of the molecule is CC(C)(C)c1ccc(N2c3cc(OC(F)(F)F)cc4c3B(c3ccc5ccc(C(C)(C)C)cc5c32)c2ccc3ccc(C(C)(C)C)cc3c2N4c2ccc(C(C)(C)C)cc2)cc1. The number of halogens is 3. The molecule has 0 aliphatic carbocycles. The van der Waals surface area contributed by atoms with Crippen LogP contribution in [0.2, 0.25) is 0 Å². The third-order valence-electron chi connectivity index (χ3n) is 12.9. The van der Waals surface area contributed by atoms with Gasteiger partial charge in [0.05, 0.1) is 0 Å². The quantitative estimate of drug-likeness (QED) is 0.165. The van der Waals surface area contributed by atoms with Crippen molar-refractivity contribution in [1.29, 1.82) is 0 Å². The Balaban J connectivity index is 1.45. The summed E-state index contributed by atoms with van der Waals surface area (Å²) in [6, 6.07) is 42.5. The predicted molar refractivity (Wildman–Crippen MR) is 257 cm³/mol. The maximum Gasteiger partial charge on any atom is 0.573 e. The molecule has 3 nitrogen and oxygen atoms in total. The summed E-state index contributed by atoms with van der Waals surface area (Å²) in [5, 5.41) is 4.21. The molecule has 0 radical (unpaired) electrons. The summed E-state index contributed by atoms with van der Waals surface area (Å²) in [4.78, 5) is 4.39. The number of ether oxygens (including phenoxy) is 1. The van der Waals surface area contributed by atoms with Gasteiger partial charge in [-0.15, -0.1) is 13.2 Å². The Morgan fingerprint density at radius 3 is 1.10 bits per heavy atom. The first-order valence-electron chi connectivity index (χ1n) is 21.8. The minimum absolute atomic E-state index is 0.0975. The zero-order valence-electron chi connectivity index (χ0n) is 38.1. The zero-order valence-corrected chi connectivity index (χ0v) is 38.1. The third-order valence-corrected chi connectivity index (χ3v) is 12.9. The van der Waals surface area contributed by atoms with Crippen molar-refractivity contribution < 1.29 is 17.9 Å². The highest BCUT2D eigenvalue weighted by molar-refractivity contribution is 7.00. The normalized spacial score (nSPS) is 14.3. The average Bonchev–Trinajstić information content (AvgIpc) is 3.18. The van der Waals surface area contributed by atoms with E-state index in [2.05, 4.69) is 202 Å². The summed E-state index contributed by atoms with van der Waals surface area (Å²) in [7, 11) is 0. The van der Waals surface area contributed by atoms with E-state index in [9.17, 15) is 13.2 Å². The molecule has 0 fully saturated rings. The molecule has 0 aromatic heterocycles. The van der Waals surface area contributed by atoms with Crippen molar-refractivity contribution >= 4 is 78.8 Å². The van der Waals surface area contributed by atoms with Gasteiger partial charge < -0.3 is 14.5 Å². The fourth-order valence-corrected chi connectivity index (χ4v) is 9.47. The zero-order chi connectivity index (χ0) is 44.5. The van der Waals surface area contributed by atoms with Crippen molar-refractivity contribution in [3.63, 3.8) is 0 Å². The van der Waals surface area contributed by atoms with E-state index in [0.717, 1.165) is 60.7 Å². The fourth-order valence-electron chi connectivity index (χ4n) is 9.47. The van der Waals surface area contributed by atoms with E-state index in [-0.39, 0.29) is 34.1 Å². The lowest BCUT2D eigenvalue weighted by Crippen LogP contribution is -2.61. The van der Waals surface area contributed by atoms with Gasteiger partial charge in [0.25, 0.3) is 6.71 Å². The third kappa shape index (κ3) is 7.11. The van der Waals surface area contributed by atoms with E-state index in [1.807, 2.05) is 0 Å². The summed E-state index contributed by atoms with van der Waals surface area (Å²) in [6.45, 7) is 26.1. The highest BCUT2D eigenvalue weighted by Gasteiger charge is 2.46. The minimum Gasteiger partial charge on any atom is -0.406 e. The van der Waals surface area contributed by atoms with Gasteiger partial charge in [-0.2, -0.15) is 0 Å². The molecule has 0 saturated carbocycles. The molecule has 2 aliphatic heterocycles. The van der Waals surface area contributed by atoms with Gasteiger partial charge in [-0.25, -0.2) is 0 Å². The second kappa shape index (κ2) is 13.9. The number of nitrogens with zero attached hydrogens (tertiary/aromatic N) is 2. The molecular formula is C55H56BF3N2O. The topological polar surface area (TPSA) is 15.7 Å². The molecule has 7 aromatic carbocycles.